The van der Waals surface area contributed by atoms with Crippen LogP contribution in [0.2, 0.25) is 0 Å². The highest BCUT2D eigenvalue weighted by Gasteiger charge is 2.24. The molecule has 4 heteroatoms. The molecule has 2 aliphatic rings. The number of aromatic hydroxyl groups is 1. The van der Waals surface area contributed by atoms with E-state index in [0.29, 0.717) is 36.4 Å². The topological polar surface area (TPSA) is 55.8 Å². The molecule has 0 unspecified atom stereocenters. The van der Waals surface area contributed by atoms with Crippen LogP contribution in [0, 0.1) is 5.92 Å². The van der Waals surface area contributed by atoms with Gasteiger partial charge >= 0.3 is 0 Å². The Kier molecular flexibility index (Phi) is 12.3. The molecule has 36 heavy (non-hydrogen) atoms. The summed E-state index contributed by atoms with van der Waals surface area (Å²) in [4.78, 5) is 12.4. The monoisotopic (exact) mass is 498 g/mol. The summed E-state index contributed by atoms with van der Waals surface area (Å²) in [6.07, 6.45) is 19.8. The van der Waals surface area contributed by atoms with Crippen molar-refractivity contribution in [3.8, 4) is 11.5 Å². The molecule has 0 bridgehead atoms. The third kappa shape index (κ3) is 9.57. The number of aryl methyl sites for hydroxylation is 1. The van der Waals surface area contributed by atoms with E-state index in [2.05, 4.69) is 26.8 Å². The van der Waals surface area contributed by atoms with Crippen molar-refractivity contribution in [3.63, 3.8) is 0 Å². The molecule has 0 aliphatic heterocycles. The maximum absolute atomic E-state index is 12.4. The van der Waals surface area contributed by atoms with Crippen molar-refractivity contribution in [1.82, 2.24) is 0 Å². The van der Waals surface area contributed by atoms with Gasteiger partial charge in [0.1, 0.15) is 0 Å². The van der Waals surface area contributed by atoms with E-state index >= 15 is 0 Å². The molecule has 3 rings (SSSR count). The lowest BCUT2D eigenvalue weighted by atomic mass is 9.86. The number of phenols is 1. The van der Waals surface area contributed by atoms with Crippen molar-refractivity contribution in [1.29, 1.82) is 0 Å². The van der Waals surface area contributed by atoms with Gasteiger partial charge in [-0.25, -0.2) is 0 Å². The number of phenolic OH excluding ortho intramolecular Hbond substituents is 1. The lowest BCUT2D eigenvalue weighted by molar-refractivity contribution is -0.114. The first kappa shape index (κ1) is 28.8. The van der Waals surface area contributed by atoms with E-state index in [1.165, 1.54) is 38.5 Å². The predicted molar refractivity (Wildman–Crippen MR) is 148 cm³/mol. The van der Waals surface area contributed by atoms with Crippen molar-refractivity contribution in [2.45, 2.75) is 135 Å². The first-order valence-electron chi connectivity index (χ1n) is 14.8. The van der Waals surface area contributed by atoms with Crippen LogP contribution in [0.3, 0.4) is 0 Å². The van der Waals surface area contributed by atoms with E-state index < -0.39 is 0 Å². The van der Waals surface area contributed by atoms with Crippen molar-refractivity contribution in [2.24, 2.45) is 5.92 Å². The highest BCUT2D eigenvalue weighted by atomic mass is 16.5. The summed E-state index contributed by atoms with van der Waals surface area (Å²) in [5, 5.41) is 11.4. The summed E-state index contributed by atoms with van der Waals surface area (Å²) in [5.41, 5.74) is 2.06. The van der Waals surface area contributed by atoms with E-state index in [0.717, 1.165) is 62.7 Å². The van der Waals surface area contributed by atoms with Crippen molar-refractivity contribution < 1.29 is 19.4 Å². The number of hydrogen-bond acceptors (Lipinski definition) is 4. The number of benzene rings is 1. The van der Waals surface area contributed by atoms with E-state index in [1.807, 2.05) is 12.1 Å². The smallest absolute Gasteiger partial charge is 0.161 e. The fraction of sp³-hybridized carbons (Fsp3) is 0.719. The fourth-order valence-corrected chi connectivity index (χ4v) is 5.57. The van der Waals surface area contributed by atoms with Gasteiger partial charge in [-0.3, -0.25) is 4.79 Å². The zero-order valence-electron chi connectivity index (χ0n) is 23.1. The number of ketones is 1. The summed E-state index contributed by atoms with van der Waals surface area (Å²) in [7, 11) is 0. The Balaban J connectivity index is 1.79. The standard InChI is InChI=1S/C32H50O4/c1-4-5-6-11-27(33)19-17-25-22-30(32(34)31(23-25)36-29-14-9-10-15-29)26(18-16-24(2)3)20-21-35-28-12-7-8-13-28/h6,11,22-24,26,28-29,34H,4-5,7-10,12-21H2,1-3H3/t26-/m0/s1. The molecule has 1 aromatic carbocycles. The zero-order chi connectivity index (χ0) is 25.8. The van der Waals surface area contributed by atoms with Gasteiger partial charge in [-0.2, -0.15) is 0 Å². The first-order valence-corrected chi connectivity index (χ1v) is 14.8. The lowest BCUT2D eigenvalue weighted by Gasteiger charge is -2.24. The highest BCUT2D eigenvalue weighted by Crippen LogP contribution is 2.41. The Morgan fingerprint density at radius 3 is 2.39 bits per heavy atom. The summed E-state index contributed by atoms with van der Waals surface area (Å²) in [5.74, 6) is 1.90. The molecule has 1 atom stereocenters. The van der Waals surface area contributed by atoms with Crippen LogP contribution >= 0.6 is 0 Å². The first-order chi connectivity index (χ1) is 17.5. The van der Waals surface area contributed by atoms with Crippen LogP contribution in [0.1, 0.15) is 128 Å². The second-order valence-corrected chi connectivity index (χ2v) is 11.4. The summed E-state index contributed by atoms with van der Waals surface area (Å²) in [6, 6.07) is 4.12. The summed E-state index contributed by atoms with van der Waals surface area (Å²) < 4.78 is 12.6. The molecule has 2 aliphatic carbocycles. The minimum absolute atomic E-state index is 0.164. The Bertz CT molecular complexity index is 816. The van der Waals surface area contributed by atoms with Crippen molar-refractivity contribution >= 4 is 5.78 Å². The third-order valence-electron chi connectivity index (χ3n) is 7.83. The molecule has 2 saturated carbocycles. The van der Waals surface area contributed by atoms with Gasteiger partial charge in [0.05, 0.1) is 12.2 Å². The molecule has 202 valence electrons. The van der Waals surface area contributed by atoms with E-state index in [9.17, 15) is 9.90 Å². The van der Waals surface area contributed by atoms with Crippen LogP contribution in [0.25, 0.3) is 0 Å². The number of carbonyl (C=O) groups is 1. The molecule has 1 aromatic rings. The zero-order valence-corrected chi connectivity index (χ0v) is 23.1. The quantitative estimate of drug-likeness (QED) is 0.232. The van der Waals surface area contributed by atoms with Gasteiger partial charge in [0.2, 0.25) is 0 Å². The summed E-state index contributed by atoms with van der Waals surface area (Å²) >= 11 is 0. The Morgan fingerprint density at radius 1 is 1.03 bits per heavy atom. The number of rotatable bonds is 16. The Hall–Kier alpha value is -1.81. The minimum Gasteiger partial charge on any atom is -0.504 e. The average Bonchev–Trinajstić information content (AvgIpc) is 3.56. The van der Waals surface area contributed by atoms with Gasteiger partial charge in [0.15, 0.2) is 17.3 Å². The molecule has 4 nitrogen and oxygen atoms in total. The van der Waals surface area contributed by atoms with Crippen LogP contribution in [0.4, 0.5) is 0 Å². The molecule has 0 spiro atoms. The van der Waals surface area contributed by atoms with Crippen molar-refractivity contribution in [2.75, 3.05) is 6.61 Å². The normalized spacial score (nSPS) is 18.0. The van der Waals surface area contributed by atoms with E-state index in [4.69, 9.17) is 9.47 Å². The van der Waals surface area contributed by atoms with Crippen molar-refractivity contribution in [3.05, 3.63) is 35.4 Å². The molecule has 0 heterocycles. The number of hydrogen-bond donors (Lipinski definition) is 1. The predicted octanol–water partition coefficient (Wildman–Crippen LogP) is 8.44. The molecular weight excluding hydrogens is 448 g/mol. The SMILES string of the molecule is CCCC=CC(=O)CCc1cc(OC2CCCC2)c(O)c([C@H](CCOC2CCCC2)CCC(C)C)c1. The largest absolute Gasteiger partial charge is 0.504 e. The Labute approximate surface area is 219 Å². The number of unbranched alkanes of at least 4 members (excludes halogenated alkanes) is 1. The van der Waals surface area contributed by atoms with Crippen LogP contribution in [0.5, 0.6) is 11.5 Å². The maximum Gasteiger partial charge on any atom is 0.161 e. The fourth-order valence-electron chi connectivity index (χ4n) is 5.57. The molecule has 0 amide bonds. The number of allylic oxidation sites excluding steroid dienone is 2. The van der Waals surface area contributed by atoms with E-state index in [-0.39, 0.29) is 17.8 Å². The van der Waals surface area contributed by atoms with Crippen LogP contribution in [-0.2, 0) is 16.0 Å². The van der Waals surface area contributed by atoms with Crippen LogP contribution in [-0.4, -0.2) is 29.7 Å². The second-order valence-electron chi connectivity index (χ2n) is 11.4. The van der Waals surface area contributed by atoms with Gasteiger partial charge in [-0.05, 0) is 93.7 Å². The number of carbonyl (C=O) groups excluding carboxylic acids is 1. The maximum atomic E-state index is 12.4. The van der Waals surface area contributed by atoms with Crippen LogP contribution in [0.15, 0.2) is 24.3 Å². The van der Waals surface area contributed by atoms with Gasteiger partial charge < -0.3 is 14.6 Å². The highest BCUT2D eigenvalue weighted by molar-refractivity contribution is 5.89. The van der Waals surface area contributed by atoms with Gasteiger partial charge in [-0.15, -0.1) is 0 Å². The molecular formula is C32H50O4. The van der Waals surface area contributed by atoms with Crippen LogP contribution < -0.4 is 4.74 Å². The van der Waals surface area contributed by atoms with E-state index in [1.54, 1.807) is 6.08 Å². The second kappa shape index (κ2) is 15.4. The third-order valence-corrected chi connectivity index (χ3v) is 7.83. The van der Waals surface area contributed by atoms with Gasteiger partial charge in [0, 0.05) is 18.6 Å². The molecule has 2 fully saturated rings. The Morgan fingerprint density at radius 2 is 1.72 bits per heavy atom. The average molecular weight is 499 g/mol. The van der Waals surface area contributed by atoms with Gasteiger partial charge in [0.25, 0.3) is 0 Å². The molecule has 0 saturated heterocycles. The molecule has 1 N–H and O–H groups in total. The number of ether oxygens (including phenoxy) is 2. The molecule has 0 radical (unpaired) electrons. The minimum atomic E-state index is 0.164. The van der Waals surface area contributed by atoms with Gasteiger partial charge in [-0.1, -0.05) is 58.6 Å². The summed E-state index contributed by atoms with van der Waals surface area (Å²) in [6.45, 7) is 7.37. The lowest BCUT2D eigenvalue weighted by Crippen LogP contribution is -2.14. The molecule has 0 aromatic heterocycles.